The molecular weight excluding hydrogens is 198 g/mol. The smallest absolute Gasteiger partial charge is 0.101 e. The molecule has 3 nitrogen and oxygen atoms in total. The zero-order valence-electron chi connectivity index (χ0n) is 10.2. The molecular formula is C13H17N3. The van der Waals surface area contributed by atoms with E-state index >= 15 is 0 Å². The Labute approximate surface area is 97.3 Å². The molecule has 0 bridgehead atoms. The topological polar surface area (TPSA) is 50.8 Å². The molecule has 0 radical (unpaired) electrons. The Morgan fingerprint density at radius 2 is 1.56 bits per heavy atom. The molecule has 0 amide bonds. The minimum absolute atomic E-state index is 0.620. The normalized spacial score (nSPS) is 18.4. The molecule has 0 unspecified atom stereocenters. The van der Waals surface area contributed by atoms with Gasteiger partial charge >= 0.3 is 0 Å². The first kappa shape index (κ1) is 12.3. The van der Waals surface area contributed by atoms with Crippen LogP contribution < -0.4 is 0 Å². The van der Waals surface area contributed by atoms with Crippen molar-refractivity contribution in [3.8, 4) is 12.1 Å². The van der Waals surface area contributed by atoms with Gasteiger partial charge in [0.2, 0.25) is 0 Å². The Morgan fingerprint density at radius 1 is 1.00 bits per heavy atom. The van der Waals surface area contributed by atoms with Crippen LogP contribution >= 0.6 is 0 Å². The van der Waals surface area contributed by atoms with Crippen LogP contribution in [-0.2, 0) is 0 Å². The third-order valence-electron chi connectivity index (χ3n) is 3.16. The summed E-state index contributed by atoms with van der Waals surface area (Å²) in [5, 5.41) is 18.0. The van der Waals surface area contributed by atoms with Gasteiger partial charge in [0, 0.05) is 24.4 Å². The molecule has 0 aromatic carbocycles. The van der Waals surface area contributed by atoms with Crippen LogP contribution in [-0.4, -0.2) is 18.0 Å². The molecule has 1 heterocycles. The standard InChI is InChI=1S/C13H17N3/c1-10(8-14)11(2)13(9-15)12(3)16-6-4-5-7-16/h4-7H2,1-3H3/b11-10+,13-12+. The molecule has 16 heavy (non-hydrogen) atoms. The number of rotatable bonds is 2. The molecule has 1 aliphatic rings. The Balaban J connectivity index is 3.11. The molecule has 1 aliphatic heterocycles. The lowest BCUT2D eigenvalue weighted by molar-refractivity contribution is 0.425. The summed E-state index contributed by atoms with van der Waals surface area (Å²) >= 11 is 0. The van der Waals surface area contributed by atoms with Gasteiger partial charge in [-0.05, 0) is 39.2 Å². The zero-order chi connectivity index (χ0) is 12.1. The highest BCUT2D eigenvalue weighted by Crippen LogP contribution is 2.22. The van der Waals surface area contributed by atoms with Gasteiger partial charge in [0.25, 0.3) is 0 Å². The molecule has 84 valence electrons. The first-order chi connectivity index (χ1) is 7.61. The van der Waals surface area contributed by atoms with E-state index in [0.717, 1.165) is 24.4 Å². The number of hydrogen-bond acceptors (Lipinski definition) is 3. The summed E-state index contributed by atoms with van der Waals surface area (Å²) in [6.07, 6.45) is 2.38. The van der Waals surface area contributed by atoms with Crippen molar-refractivity contribution in [1.82, 2.24) is 4.90 Å². The lowest BCUT2D eigenvalue weighted by Gasteiger charge is -2.20. The fraction of sp³-hybridized carbons (Fsp3) is 0.538. The van der Waals surface area contributed by atoms with Crippen molar-refractivity contribution < 1.29 is 0 Å². The molecule has 0 spiro atoms. The molecule has 0 saturated carbocycles. The predicted molar refractivity (Wildman–Crippen MR) is 63.1 cm³/mol. The SMILES string of the molecule is C/C(=C(C#N)\C(C)=C(/C)C#N)N1CCCC1. The number of nitrogens with zero attached hydrogens (tertiary/aromatic N) is 3. The van der Waals surface area contributed by atoms with Gasteiger partial charge < -0.3 is 4.90 Å². The van der Waals surface area contributed by atoms with Crippen LogP contribution in [0.3, 0.4) is 0 Å². The minimum Gasteiger partial charge on any atom is -0.374 e. The number of allylic oxidation sites excluding steroid dienone is 4. The molecule has 1 rings (SSSR count). The molecule has 0 aromatic heterocycles. The Bertz CT molecular complexity index is 409. The van der Waals surface area contributed by atoms with Crippen molar-refractivity contribution in [3.63, 3.8) is 0 Å². The molecule has 0 aromatic rings. The van der Waals surface area contributed by atoms with Gasteiger partial charge in [-0.1, -0.05) is 0 Å². The van der Waals surface area contributed by atoms with Gasteiger partial charge in [0.1, 0.15) is 6.07 Å². The summed E-state index contributed by atoms with van der Waals surface area (Å²) in [6, 6.07) is 4.32. The van der Waals surface area contributed by atoms with E-state index in [2.05, 4.69) is 17.0 Å². The van der Waals surface area contributed by atoms with E-state index in [0.29, 0.717) is 11.1 Å². The summed E-state index contributed by atoms with van der Waals surface area (Å²) in [7, 11) is 0. The van der Waals surface area contributed by atoms with Crippen molar-refractivity contribution in [1.29, 1.82) is 10.5 Å². The highest BCUT2D eigenvalue weighted by molar-refractivity contribution is 5.48. The minimum atomic E-state index is 0.620. The van der Waals surface area contributed by atoms with Gasteiger partial charge in [0.05, 0.1) is 11.6 Å². The van der Waals surface area contributed by atoms with E-state index in [-0.39, 0.29) is 0 Å². The van der Waals surface area contributed by atoms with Crippen LogP contribution in [0.25, 0.3) is 0 Å². The molecule has 1 fully saturated rings. The number of likely N-dealkylation sites (tertiary alicyclic amines) is 1. The maximum Gasteiger partial charge on any atom is 0.101 e. The zero-order valence-corrected chi connectivity index (χ0v) is 10.2. The third kappa shape index (κ3) is 2.44. The maximum atomic E-state index is 9.19. The van der Waals surface area contributed by atoms with Crippen LogP contribution in [0.1, 0.15) is 33.6 Å². The first-order valence-corrected chi connectivity index (χ1v) is 5.55. The quantitative estimate of drug-likeness (QED) is 0.525. The van der Waals surface area contributed by atoms with Crippen LogP contribution in [0.5, 0.6) is 0 Å². The van der Waals surface area contributed by atoms with Crippen LogP contribution in [0, 0.1) is 22.7 Å². The lowest BCUT2D eigenvalue weighted by atomic mass is 10.0. The van der Waals surface area contributed by atoms with Gasteiger partial charge in [-0.25, -0.2) is 0 Å². The summed E-state index contributed by atoms with van der Waals surface area (Å²) < 4.78 is 0. The fourth-order valence-corrected chi connectivity index (χ4v) is 1.92. The van der Waals surface area contributed by atoms with E-state index in [9.17, 15) is 5.26 Å². The van der Waals surface area contributed by atoms with Crippen molar-refractivity contribution in [3.05, 3.63) is 22.4 Å². The van der Waals surface area contributed by atoms with E-state index in [1.165, 1.54) is 12.8 Å². The van der Waals surface area contributed by atoms with E-state index in [1.807, 2.05) is 13.8 Å². The Hall–Kier alpha value is -1.74. The van der Waals surface area contributed by atoms with Gasteiger partial charge in [-0.2, -0.15) is 10.5 Å². The number of hydrogen-bond donors (Lipinski definition) is 0. The van der Waals surface area contributed by atoms with Crippen molar-refractivity contribution in [2.24, 2.45) is 0 Å². The largest absolute Gasteiger partial charge is 0.374 e. The van der Waals surface area contributed by atoms with Crippen LogP contribution in [0.4, 0.5) is 0 Å². The van der Waals surface area contributed by atoms with Crippen molar-refractivity contribution in [2.45, 2.75) is 33.6 Å². The molecule has 0 aliphatic carbocycles. The Kier molecular flexibility index (Phi) is 4.14. The van der Waals surface area contributed by atoms with E-state index in [1.54, 1.807) is 6.92 Å². The Morgan fingerprint density at radius 3 is 2.00 bits per heavy atom. The summed E-state index contributed by atoms with van der Waals surface area (Å²) in [6.45, 7) is 7.62. The summed E-state index contributed by atoms with van der Waals surface area (Å²) in [5.41, 5.74) is 3.08. The van der Waals surface area contributed by atoms with Crippen LogP contribution in [0.15, 0.2) is 22.4 Å². The second kappa shape index (κ2) is 5.37. The summed E-state index contributed by atoms with van der Waals surface area (Å²) in [5.74, 6) is 0. The average Bonchev–Trinajstić information content (AvgIpc) is 2.82. The van der Waals surface area contributed by atoms with Gasteiger partial charge in [-0.15, -0.1) is 0 Å². The average molecular weight is 215 g/mol. The van der Waals surface area contributed by atoms with Crippen LogP contribution in [0.2, 0.25) is 0 Å². The second-order valence-corrected chi connectivity index (χ2v) is 4.13. The van der Waals surface area contributed by atoms with E-state index < -0.39 is 0 Å². The molecule has 0 N–H and O–H groups in total. The number of nitriles is 2. The van der Waals surface area contributed by atoms with Gasteiger partial charge in [-0.3, -0.25) is 0 Å². The fourth-order valence-electron chi connectivity index (χ4n) is 1.92. The predicted octanol–water partition coefficient (Wildman–Crippen LogP) is 2.74. The first-order valence-electron chi connectivity index (χ1n) is 5.55. The van der Waals surface area contributed by atoms with Gasteiger partial charge in [0.15, 0.2) is 0 Å². The maximum absolute atomic E-state index is 9.19. The highest BCUT2D eigenvalue weighted by Gasteiger charge is 2.16. The summed E-state index contributed by atoms with van der Waals surface area (Å²) in [4.78, 5) is 2.23. The lowest BCUT2D eigenvalue weighted by Crippen LogP contribution is -2.18. The molecule has 0 atom stereocenters. The van der Waals surface area contributed by atoms with E-state index in [4.69, 9.17) is 5.26 Å². The van der Waals surface area contributed by atoms with Crippen molar-refractivity contribution >= 4 is 0 Å². The third-order valence-corrected chi connectivity index (χ3v) is 3.16. The second-order valence-electron chi connectivity index (χ2n) is 4.13. The van der Waals surface area contributed by atoms with Crippen molar-refractivity contribution in [2.75, 3.05) is 13.1 Å². The monoisotopic (exact) mass is 215 g/mol. The highest BCUT2D eigenvalue weighted by atomic mass is 15.1. The molecule has 3 heteroatoms. The molecule has 1 saturated heterocycles.